The fourth-order valence-electron chi connectivity index (χ4n) is 3.57. The molecular weight excluding hydrogens is 380 g/mol. The van der Waals surface area contributed by atoms with Crippen LogP contribution in [0.25, 0.3) is 0 Å². The van der Waals surface area contributed by atoms with Crippen molar-refractivity contribution in [3.8, 4) is 17.2 Å². The number of carbonyl (C=O) groups is 1. The van der Waals surface area contributed by atoms with Gasteiger partial charge in [-0.1, -0.05) is 32.0 Å². The van der Waals surface area contributed by atoms with E-state index in [1.54, 1.807) is 7.11 Å². The number of hydrogen-bond donors (Lipinski definition) is 1. The summed E-state index contributed by atoms with van der Waals surface area (Å²) in [5.74, 6) is 2.59. The molecule has 1 aliphatic heterocycles. The largest absolute Gasteiger partial charge is 0.497 e. The first-order valence-electron chi connectivity index (χ1n) is 10.5. The minimum absolute atomic E-state index is 0.00294. The van der Waals surface area contributed by atoms with Crippen molar-refractivity contribution in [3.05, 3.63) is 53.6 Å². The number of nitrogens with zero attached hydrogens (tertiary/aromatic N) is 1. The van der Waals surface area contributed by atoms with Crippen LogP contribution in [-0.2, 0) is 11.3 Å². The van der Waals surface area contributed by atoms with E-state index in [0.29, 0.717) is 26.3 Å². The van der Waals surface area contributed by atoms with Crippen molar-refractivity contribution in [1.82, 2.24) is 10.2 Å². The van der Waals surface area contributed by atoms with Crippen LogP contribution in [0.4, 0.5) is 0 Å². The molecule has 6 nitrogen and oxygen atoms in total. The second-order valence-electron chi connectivity index (χ2n) is 8.07. The number of carbonyl (C=O) groups excluding carboxylic acids is 1. The minimum Gasteiger partial charge on any atom is -0.497 e. The molecule has 0 bridgehead atoms. The molecule has 0 saturated carbocycles. The van der Waals surface area contributed by atoms with Crippen LogP contribution < -0.4 is 19.5 Å². The van der Waals surface area contributed by atoms with E-state index in [0.717, 1.165) is 34.8 Å². The Labute approximate surface area is 179 Å². The summed E-state index contributed by atoms with van der Waals surface area (Å²) in [6, 6.07) is 13.7. The summed E-state index contributed by atoms with van der Waals surface area (Å²) in [5.41, 5.74) is 2.16. The highest BCUT2D eigenvalue weighted by Crippen LogP contribution is 2.34. The molecule has 162 valence electrons. The first-order valence-corrected chi connectivity index (χ1v) is 10.5. The van der Waals surface area contributed by atoms with Gasteiger partial charge in [-0.3, -0.25) is 9.69 Å². The zero-order chi connectivity index (χ0) is 21.5. The third-order valence-corrected chi connectivity index (χ3v) is 5.14. The number of fused-ring (bicyclic) bond motifs is 1. The number of methoxy groups -OCH3 is 1. The molecule has 0 saturated heterocycles. The van der Waals surface area contributed by atoms with Gasteiger partial charge in [-0.25, -0.2) is 0 Å². The van der Waals surface area contributed by atoms with Crippen molar-refractivity contribution in [3.63, 3.8) is 0 Å². The van der Waals surface area contributed by atoms with E-state index in [4.69, 9.17) is 14.2 Å². The van der Waals surface area contributed by atoms with Crippen LogP contribution in [-0.4, -0.2) is 44.7 Å². The van der Waals surface area contributed by atoms with Crippen molar-refractivity contribution >= 4 is 5.91 Å². The quantitative estimate of drug-likeness (QED) is 0.715. The second kappa shape index (κ2) is 10.3. The van der Waals surface area contributed by atoms with E-state index < -0.39 is 0 Å². The van der Waals surface area contributed by atoms with Gasteiger partial charge in [0, 0.05) is 13.0 Å². The maximum absolute atomic E-state index is 12.7. The molecular formula is C24H32N2O4. The van der Waals surface area contributed by atoms with Gasteiger partial charge in [0.15, 0.2) is 11.5 Å². The van der Waals surface area contributed by atoms with E-state index in [9.17, 15) is 4.79 Å². The molecule has 2 aromatic rings. The molecule has 0 aliphatic carbocycles. The highest BCUT2D eigenvalue weighted by Gasteiger charge is 2.21. The molecule has 2 aromatic carbocycles. The average Bonchev–Trinajstić information content (AvgIpc) is 2.97. The van der Waals surface area contributed by atoms with Crippen molar-refractivity contribution < 1.29 is 19.0 Å². The van der Waals surface area contributed by atoms with E-state index in [1.165, 1.54) is 0 Å². The molecule has 0 spiro atoms. The van der Waals surface area contributed by atoms with Crippen molar-refractivity contribution in [2.75, 3.05) is 33.9 Å². The Morgan fingerprint density at radius 3 is 2.47 bits per heavy atom. The Bertz CT molecular complexity index is 836. The van der Waals surface area contributed by atoms with Crippen LogP contribution >= 0.6 is 0 Å². The fraction of sp³-hybridized carbons (Fsp3) is 0.458. The van der Waals surface area contributed by atoms with Gasteiger partial charge in [-0.05, 0) is 48.4 Å². The minimum atomic E-state index is -0.0935. The highest BCUT2D eigenvalue weighted by molar-refractivity contribution is 5.78. The Morgan fingerprint density at radius 1 is 1.10 bits per heavy atom. The fourth-order valence-corrected chi connectivity index (χ4v) is 3.57. The molecule has 30 heavy (non-hydrogen) atoms. The monoisotopic (exact) mass is 412 g/mol. The van der Waals surface area contributed by atoms with Gasteiger partial charge in [0.1, 0.15) is 5.75 Å². The van der Waals surface area contributed by atoms with Gasteiger partial charge >= 0.3 is 0 Å². The highest BCUT2D eigenvalue weighted by atomic mass is 16.5. The molecule has 0 aromatic heterocycles. The molecule has 0 radical (unpaired) electrons. The topological polar surface area (TPSA) is 60.0 Å². The van der Waals surface area contributed by atoms with Crippen LogP contribution in [0.5, 0.6) is 17.2 Å². The molecule has 0 unspecified atom stereocenters. The number of nitrogens with one attached hydrogen (secondary N) is 1. The summed E-state index contributed by atoms with van der Waals surface area (Å²) in [6.45, 7) is 6.53. The van der Waals surface area contributed by atoms with Crippen LogP contribution in [0.15, 0.2) is 42.5 Å². The van der Waals surface area contributed by atoms with Crippen LogP contribution in [0.3, 0.4) is 0 Å². The number of rotatable bonds is 8. The maximum atomic E-state index is 12.7. The molecule has 1 N–H and O–H groups in total. The van der Waals surface area contributed by atoms with Gasteiger partial charge in [0.05, 0.1) is 32.9 Å². The van der Waals surface area contributed by atoms with E-state index in [2.05, 4.69) is 19.2 Å². The van der Waals surface area contributed by atoms with Gasteiger partial charge in [-0.15, -0.1) is 0 Å². The molecule has 0 fully saturated rings. The lowest BCUT2D eigenvalue weighted by Crippen LogP contribution is -2.38. The third-order valence-electron chi connectivity index (χ3n) is 5.14. The molecule has 1 aliphatic rings. The average molecular weight is 413 g/mol. The Morgan fingerprint density at radius 2 is 1.80 bits per heavy atom. The van der Waals surface area contributed by atoms with Crippen molar-refractivity contribution in [1.29, 1.82) is 0 Å². The summed E-state index contributed by atoms with van der Waals surface area (Å²) in [4.78, 5) is 14.7. The number of ether oxygens (including phenoxy) is 3. The predicted octanol–water partition coefficient (Wildman–Crippen LogP) is 3.80. The maximum Gasteiger partial charge on any atom is 0.234 e. The molecule has 1 heterocycles. The molecule has 1 atom stereocenters. The van der Waals surface area contributed by atoms with Gasteiger partial charge in [0.2, 0.25) is 5.91 Å². The molecule has 6 heteroatoms. The summed E-state index contributed by atoms with van der Waals surface area (Å²) in [6.07, 6.45) is 0.870. The SMILES string of the molecule is COc1ccc(CN(C)CC(=O)N[C@@H](c2ccc3c(c2)OCCCO3)C(C)C)cc1. The van der Waals surface area contributed by atoms with Crippen molar-refractivity contribution in [2.24, 2.45) is 5.92 Å². The summed E-state index contributed by atoms with van der Waals surface area (Å²) >= 11 is 0. The van der Waals surface area contributed by atoms with Gasteiger partial charge < -0.3 is 19.5 Å². The number of likely N-dealkylation sites (N-methyl/N-ethyl adjacent to an activating group) is 1. The third kappa shape index (κ3) is 5.89. The van der Waals surface area contributed by atoms with Gasteiger partial charge in [-0.2, -0.15) is 0 Å². The Balaban J connectivity index is 1.61. The lowest BCUT2D eigenvalue weighted by molar-refractivity contribution is -0.123. The lowest BCUT2D eigenvalue weighted by Gasteiger charge is -2.25. The zero-order valence-corrected chi connectivity index (χ0v) is 18.3. The number of hydrogen-bond acceptors (Lipinski definition) is 5. The Kier molecular flexibility index (Phi) is 7.57. The number of amides is 1. The van der Waals surface area contributed by atoms with E-state index in [1.807, 2.05) is 54.4 Å². The molecule has 1 amide bonds. The lowest BCUT2D eigenvalue weighted by atomic mass is 9.95. The molecule has 3 rings (SSSR count). The van der Waals surface area contributed by atoms with Gasteiger partial charge in [0.25, 0.3) is 0 Å². The smallest absolute Gasteiger partial charge is 0.234 e. The second-order valence-corrected chi connectivity index (χ2v) is 8.07. The summed E-state index contributed by atoms with van der Waals surface area (Å²) < 4.78 is 16.7. The van der Waals surface area contributed by atoms with Crippen LogP contribution in [0.1, 0.15) is 37.4 Å². The van der Waals surface area contributed by atoms with Crippen molar-refractivity contribution in [2.45, 2.75) is 32.9 Å². The van der Waals surface area contributed by atoms with E-state index >= 15 is 0 Å². The normalized spacial score (nSPS) is 14.3. The first-order chi connectivity index (χ1) is 14.5. The van der Waals surface area contributed by atoms with E-state index in [-0.39, 0.29) is 17.9 Å². The van der Waals surface area contributed by atoms with Crippen LogP contribution in [0.2, 0.25) is 0 Å². The standard InChI is InChI=1S/C24H32N2O4/c1-17(2)24(19-8-11-21-22(14-19)30-13-5-12-29-21)25-23(27)16-26(3)15-18-6-9-20(28-4)10-7-18/h6-11,14,17,24H,5,12-13,15-16H2,1-4H3,(H,25,27)/t24-/m1/s1. The zero-order valence-electron chi connectivity index (χ0n) is 18.3. The summed E-state index contributed by atoms with van der Waals surface area (Å²) in [5, 5.41) is 3.19. The summed E-state index contributed by atoms with van der Waals surface area (Å²) in [7, 11) is 3.60. The number of benzene rings is 2. The Hall–Kier alpha value is -2.73. The van der Waals surface area contributed by atoms with Crippen LogP contribution in [0, 0.1) is 5.92 Å². The first kappa shape index (κ1) is 22.0. The predicted molar refractivity (Wildman–Crippen MR) is 117 cm³/mol.